The van der Waals surface area contributed by atoms with E-state index >= 15 is 4.39 Å². The molecule has 7 N–H and O–H groups in total. The van der Waals surface area contributed by atoms with Gasteiger partial charge >= 0.3 is 18.5 Å². The number of nitrogens with zero attached hydrogens (tertiary/aromatic N) is 5. The largest absolute Gasteiger partial charge is 0.756 e. The van der Waals surface area contributed by atoms with Gasteiger partial charge in [-0.1, -0.05) is 29.8 Å². The molecular weight excluding hydrogens is 869 g/mol. The Morgan fingerprint density at radius 1 is 0.967 bits per heavy atom. The summed E-state index contributed by atoms with van der Waals surface area (Å²) in [6.45, 7) is -4.26. The number of phosphoric ester groups is 1. The summed E-state index contributed by atoms with van der Waals surface area (Å²) in [5.74, 6) is -0.299. The summed E-state index contributed by atoms with van der Waals surface area (Å²) in [7, 11) is -4.17. The summed E-state index contributed by atoms with van der Waals surface area (Å²) in [5, 5.41) is 0. The lowest BCUT2D eigenvalue weighted by molar-refractivity contribution is -0.236. The number of nitrogen functional groups attached to an aromatic ring is 1. The van der Waals surface area contributed by atoms with E-state index in [-0.39, 0.29) is 34.6 Å². The molecule has 22 nitrogen and oxygen atoms in total. The number of imidazole rings is 1. The number of H-pyrrole nitrogens is 1. The van der Waals surface area contributed by atoms with E-state index in [0.29, 0.717) is 22.5 Å². The fourth-order valence-corrected chi connectivity index (χ4v) is 11.0. The molecule has 5 aromatic rings. The number of carbonyl (C=O) groups excluding carboxylic acids is 1. The van der Waals surface area contributed by atoms with Crippen molar-refractivity contribution in [2.24, 2.45) is 0 Å². The molecular formula is C35H39FN8O14P2S. The molecule has 3 fully saturated rings. The second kappa shape index (κ2) is 18.0. The number of hydrogen-bond donors (Lipinski definition) is 3. The first-order valence-corrected chi connectivity index (χ1v) is 22.6. The maximum absolute atomic E-state index is 16.2. The van der Waals surface area contributed by atoms with E-state index in [1.54, 1.807) is 48.5 Å². The standard InChI is InChI=1S/C35H36FN7O14P2S.H3N/c1-18-3-7-20(8-4-18)34(45)53-21-9-5-19(6-10-21)15-60-59(49)52-13-22-25(36)28(32(54-22)42-12-11-24(44)41-35(42)46)56-58(47,48)51-14-23-27(57-59)29(50-2)33(55-23)43-17-40-26-30(37)38-16-39-31(26)43;/h3-12,16-17,22-23,25,27-29,32-33H,13-15H2,1-2H3,(H,47,48)(H2,37,38,39)(H,41,44,46);1H3/t22-,23-,25-,27-,28-,29-,32-,33-,59?;/m1./s1. The van der Waals surface area contributed by atoms with Gasteiger partial charge in [-0.15, -0.1) is 0 Å². The third-order valence-corrected chi connectivity index (χ3v) is 14.3. The lowest BCUT2D eigenvalue weighted by Crippen LogP contribution is -2.39. The van der Waals surface area contributed by atoms with Gasteiger partial charge in [-0.05, 0) is 48.1 Å². The molecule has 8 rings (SSSR count). The van der Waals surface area contributed by atoms with Gasteiger partial charge in [-0.3, -0.25) is 32.5 Å². The molecule has 2 aromatic carbocycles. The number of halogens is 1. The Kier molecular flexibility index (Phi) is 13.1. The molecule has 3 aliphatic heterocycles. The highest BCUT2D eigenvalue weighted by molar-refractivity contribution is 8.54. The number of carbonyl (C=O) groups is 1. The molecule has 6 heterocycles. The Morgan fingerprint density at radius 3 is 2.41 bits per heavy atom. The lowest BCUT2D eigenvalue weighted by atomic mass is 10.1. The topological polar surface area (TPSA) is 309 Å². The van der Waals surface area contributed by atoms with Crippen LogP contribution < -0.4 is 32.8 Å². The van der Waals surface area contributed by atoms with E-state index in [9.17, 15) is 28.4 Å². The summed E-state index contributed by atoms with van der Waals surface area (Å²) in [6.07, 6.45) is -9.40. The number of alkyl halides is 1. The zero-order chi connectivity index (χ0) is 42.3. The van der Waals surface area contributed by atoms with Gasteiger partial charge in [0.2, 0.25) is 0 Å². The number of aromatic amines is 1. The molecule has 0 aliphatic carbocycles. The van der Waals surface area contributed by atoms with E-state index in [2.05, 4.69) is 15.0 Å². The van der Waals surface area contributed by atoms with Gasteiger partial charge in [0.05, 0.1) is 25.1 Å². The first-order chi connectivity index (χ1) is 28.7. The molecule has 61 heavy (non-hydrogen) atoms. The van der Waals surface area contributed by atoms with Crippen molar-refractivity contribution in [3.8, 4) is 5.75 Å². The molecule has 3 aromatic heterocycles. The molecule has 3 saturated heterocycles. The van der Waals surface area contributed by atoms with Gasteiger partial charge in [0.1, 0.15) is 48.1 Å². The molecule has 3 aliphatic rings. The van der Waals surface area contributed by atoms with Crippen LogP contribution in [0.25, 0.3) is 11.2 Å². The molecule has 326 valence electrons. The molecule has 0 radical (unpaired) electrons. The van der Waals surface area contributed by atoms with Gasteiger partial charge in [0, 0.05) is 25.1 Å². The molecule has 26 heteroatoms. The van der Waals surface area contributed by atoms with Crippen molar-refractivity contribution < 1.29 is 60.3 Å². The third kappa shape index (κ3) is 9.40. The van der Waals surface area contributed by atoms with Crippen molar-refractivity contribution in [2.45, 2.75) is 61.8 Å². The first kappa shape index (κ1) is 44.4. The number of esters is 1. The van der Waals surface area contributed by atoms with Gasteiger partial charge < -0.3 is 44.8 Å². The van der Waals surface area contributed by atoms with Crippen LogP contribution in [0, 0.1) is 6.92 Å². The average molecular weight is 909 g/mol. The maximum Gasteiger partial charge on any atom is 0.389 e. The summed E-state index contributed by atoms with van der Waals surface area (Å²) in [6, 6.07) is 14.1. The van der Waals surface area contributed by atoms with Crippen LogP contribution in [0.3, 0.4) is 0 Å². The smallest absolute Gasteiger partial charge is 0.389 e. The minimum atomic E-state index is -5.48. The van der Waals surface area contributed by atoms with Crippen LogP contribution in [0.5, 0.6) is 5.75 Å². The molecule has 10 atom stereocenters. The molecule has 0 amide bonds. The average Bonchev–Trinajstić information content (AvgIpc) is 3.89. The number of rotatable bonds is 8. The highest BCUT2D eigenvalue weighted by atomic mass is 32.7. The number of hydrogen-bond acceptors (Lipinski definition) is 19. The Balaban J connectivity index is 0.00000561. The van der Waals surface area contributed by atoms with E-state index in [1.807, 2.05) is 11.9 Å². The number of aromatic nitrogens is 6. The number of phosphoric acid groups is 1. The highest BCUT2D eigenvalue weighted by Crippen LogP contribution is 2.64. The normalized spacial score (nSPS) is 30.4. The molecule has 2 bridgehead atoms. The van der Waals surface area contributed by atoms with Crippen LogP contribution in [0.4, 0.5) is 10.2 Å². The SMILES string of the molecule is CO[C@@H]1[C@@H]2OP(=O)(SCc3ccc(OC(=O)c4ccc(C)cc4)cc3)OC[C@H]3O[C@@H](n4ccc(=O)[nH]c4=O)[C@H](OP(=O)([O-])OC[C@H]2O[C@H]1n1cnc2c(N)ncnc21)[C@@H]3F.[NH4+]. The Bertz CT molecular complexity index is 2600. The van der Waals surface area contributed by atoms with E-state index in [4.69, 9.17) is 42.8 Å². The zero-order valence-electron chi connectivity index (χ0n) is 32.4. The number of benzene rings is 2. The number of nitrogens with two attached hydrogens (primary N) is 1. The van der Waals surface area contributed by atoms with Crippen molar-refractivity contribution in [1.82, 2.24) is 35.2 Å². The Labute approximate surface area is 348 Å². The van der Waals surface area contributed by atoms with Gasteiger partial charge in [-0.2, -0.15) is 0 Å². The fourth-order valence-electron chi connectivity index (χ4n) is 6.71. The van der Waals surface area contributed by atoms with Crippen LogP contribution in [0.15, 0.2) is 83.0 Å². The monoisotopic (exact) mass is 908 g/mol. The quantitative estimate of drug-likeness (QED) is 0.114. The third-order valence-electron chi connectivity index (χ3n) is 9.71. The van der Waals surface area contributed by atoms with E-state index in [1.165, 1.54) is 24.3 Å². The number of ether oxygens (including phenoxy) is 4. The minimum Gasteiger partial charge on any atom is -0.756 e. The van der Waals surface area contributed by atoms with E-state index in [0.717, 1.165) is 22.4 Å². The summed E-state index contributed by atoms with van der Waals surface area (Å²) >= 11 is 0.694. The fraction of sp³-hybridized carbons (Fsp3) is 0.371. The van der Waals surface area contributed by atoms with Crippen LogP contribution in [-0.2, 0) is 47.2 Å². The molecule has 0 spiro atoms. The number of quaternary nitrogens is 1. The second-order valence-corrected chi connectivity index (χ2v) is 19.1. The van der Waals surface area contributed by atoms with Crippen molar-refractivity contribution in [3.63, 3.8) is 0 Å². The predicted octanol–water partition coefficient (Wildman–Crippen LogP) is 3.34. The van der Waals surface area contributed by atoms with Gasteiger partial charge in [0.25, 0.3) is 13.4 Å². The van der Waals surface area contributed by atoms with Crippen LogP contribution in [0.2, 0.25) is 0 Å². The van der Waals surface area contributed by atoms with Gasteiger partial charge in [-0.25, -0.2) is 33.5 Å². The zero-order valence-corrected chi connectivity index (χ0v) is 35.0. The summed E-state index contributed by atoms with van der Waals surface area (Å²) in [4.78, 5) is 65.0. The lowest BCUT2D eigenvalue weighted by Gasteiger charge is -2.31. The number of fused-ring (bicyclic) bond motifs is 4. The van der Waals surface area contributed by atoms with Crippen LogP contribution >= 0.6 is 26.0 Å². The van der Waals surface area contributed by atoms with Crippen LogP contribution in [-0.4, -0.2) is 92.1 Å². The minimum absolute atomic E-state index is 0. The van der Waals surface area contributed by atoms with Crippen molar-refractivity contribution in [1.29, 1.82) is 0 Å². The number of nitrogens with one attached hydrogen (secondary N) is 1. The second-order valence-electron chi connectivity index (χ2n) is 13.7. The molecule has 2 unspecified atom stereocenters. The number of methoxy groups -OCH3 is 1. The first-order valence-electron chi connectivity index (χ1n) is 18.0. The van der Waals surface area contributed by atoms with E-state index < -0.39 is 94.2 Å². The van der Waals surface area contributed by atoms with Crippen molar-refractivity contribution in [2.75, 3.05) is 26.1 Å². The van der Waals surface area contributed by atoms with Gasteiger partial charge in [0.15, 0.2) is 30.1 Å². The summed E-state index contributed by atoms with van der Waals surface area (Å²) in [5.41, 5.74) is 6.51. The Hall–Kier alpha value is -4.68. The van der Waals surface area contributed by atoms with Crippen molar-refractivity contribution in [3.05, 3.63) is 111 Å². The van der Waals surface area contributed by atoms with Crippen LogP contribution in [0.1, 0.15) is 33.9 Å². The highest BCUT2D eigenvalue weighted by Gasteiger charge is 2.54. The number of aryl methyl sites for hydroxylation is 1. The predicted molar refractivity (Wildman–Crippen MR) is 211 cm³/mol. The maximum atomic E-state index is 16.2. The number of anilines is 1. The van der Waals surface area contributed by atoms with Crippen molar-refractivity contribution >= 4 is 49.0 Å². The summed E-state index contributed by atoms with van der Waals surface area (Å²) < 4.78 is 92.6. The Morgan fingerprint density at radius 2 is 1.69 bits per heavy atom. The molecule has 0 saturated carbocycles.